The van der Waals surface area contributed by atoms with E-state index in [1.807, 2.05) is 12.1 Å². The van der Waals surface area contributed by atoms with Crippen LogP contribution in [-0.2, 0) is 4.79 Å². The number of ketones is 1. The Balaban J connectivity index is 1.24. The quantitative estimate of drug-likeness (QED) is 0.349. The molecule has 0 spiro atoms. The predicted octanol–water partition coefficient (Wildman–Crippen LogP) is 4.47. The summed E-state index contributed by atoms with van der Waals surface area (Å²) in [5, 5.41) is 2.96. The Hall–Kier alpha value is -2.86. The number of anilines is 1. The molecule has 6 nitrogen and oxygen atoms in total. The number of carbonyl (C=O) groups is 2. The van der Waals surface area contributed by atoms with Gasteiger partial charge in [0.15, 0.2) is 5.78 Å². The second-order valence-corrected chi connectivity index (χ2v) is 9.02. The van der Waals surface area contributed by atoms with Crippen molar-refractivity contribution < 1.29 is 14.3 Å². The van der Waals surface area contributed by atoms with E-state index in [9.17, 15) is 9.59 Å². The maximum Gasteiger partial charge on any atom is 0.220 e. The molecule has 1 fully saturated rings. The lowest BCUT2D eigenvalue weighted by Crippen LogP contribution is -2.46. The first-order chi connectivity index (χ1) is 16.5. The van der Waals surface area contributed by atoms with Crippen molar-refractivity contribution in [2.24, 2.45) is 0 Å². The highest BCUT2D eigenvalue weighted by Gasteiger charge is 2.17. The number of unbranched alkanes of at least 4 members (excludes halogenated alkanes) is 1. The van der Waals surface area contributed by atoms with Crippen LogP contribution in [0.1, 0.15) is 54.9 Å². The molecule has 0 aromatic heterocycles. The van der Waals surface area contributed by atoms with E-state index in [-0.39, 0.29) is 24.5 Å². The second kappa shape index (κ2) is 13.8. The Morgan fingerprint density at radius 3 is 2.44 bits per heavy atom. The minimum absolute atomic E-state index is 0.0120. The smallest absolute Gasteiger partial charge is 0.220 e. The summed E-state index contributed by atoms with van der Waals surface area (Å²) in [6, 6.07) is 15.9. The van der Waals surface area contributed by atoms with Crippen molar-refractivity contribution in [2.45, 2.75) is 46.0 Å². The molecule has 184 valence electrons. The zero-order chi connectivity index (χ0) is 24.2. The molecule has 3 rings (SSSR count). The van der Waals surface area contributed by atoms with Crippen molar-refractivity contribution in [3.63, 3.8) is 0 Å². The lowest BCUT2D eigenvalue weighted by Gasteiger charge is -2.36. The second-order valence-electron chi connectivity index (χ2n) is 9.02. The van der Waals surface area contributed by atoms with E-state index in [2.05, 4.69) is 53.2 Å². The van der Waals surface area contributed by atoms with Gasteiger partial charge in [0, 0.05) is 56.8 Å². The fourth-order valence-corrected chi connectivity index (χ4v) is 4.16. The van der Waals surface area contributed by atoms with Gasteiger partial charge >= 0.3 is 0 Å². The van der Waals surface area contributed by atoms with Crippen LogP contribution in [0.15, 0.2) is 48.5 Å². The molecular formula is C28H39N3O3. The van der Waals surface area contributed by atoms with E-state index >= 15 is 0 Å². The fourth-order valence-electron chi connectivity index (χ4n) is 4.16. The number of ether oxygens (including phenoxy) is 1. The molecule has 2 aromatic carbocycles. The number of benzene rings is 2. The summed E-state index contributed by atoms with van der Waals surface area (Å²) in [5.41, 5.74) is 3.25. The number of piperazine rings is 1. The van der Waals surface area contributed by atoms with Gasteiger partial charge in [0.2, 0.25) is 5.91 Å². The maximum atomic E-state index is 12.3. The summed E-state index contributed by atoms with van der Waals surface area (Å²) in [5.74, 6) is 0.703. The Kier molecular flexibility index (Phi) is 10.4. The van der Waals surface area contributed by atoms with Crippen LogP contribution in [0.25, 0.3) is 0 Å². The highest BCUT2D eigenvalue weighted by atomic mass is 16.5. The molecule has 2 aromatic rings. The molecule has 6 heteroatoms. The monoisotopic (exact) mass is 465 g/mol. The Morgan fingerprint density at radius 2 is 1.74 bits per heavy atom. The highest BCUT2D eigenvalue weighted by molar-refractivity contribution is 5.98. The average Bonchev–Trinajstić information content (AvgIpc) is 2.86. The van der Waals surface area contributed by atoms with Crippen molar-refractivity contribution >= 4 is 17.4 Å². The third-order valence-corrected chi connectivity index (χ3v) is 6.19. The molecule has 1 amide bonds. The van der Waals surface area contributed by atoms with Gasteiger partial charge in [0.05, 0.1) is 6.61 Å². The van der Waals surface area contributed by atoms with E-state index in [1.54, 1.807) is 12.1 Å². The Labute approximate surface area is 204 Å². The first-order valence-corrected chi connectivity index (χ1v) is 12.6. The number of rotatable bonds is 13. The predicted molar refractivity (Wildman–Crippen MR) is 138 cm³/mol. The molecule has 0 atom stereocenters. The van der Waals surface area contributed by atoms with Gasteiger partial charge in [-0.3, -0.25) is 14.5 Å². The summed E-state index contributed by atoms with van der Waals surface area (Å²) in [6.45, 7) is 10.9. The molecule has 0 radical (unpaired) electrons. The molecule has 0 unspecified atom stereocenters. The lowest BCUT2D eigenvalue weighted by atomic mass is 10.1. The summed E-state index contributed by atoms with van der Waals surface area (Å²) in [7, 11) is 0. The van der Waals surface area contributed by atoms with Crippen LogP contribution in [0.5, 0.6) is 5.75 Å². The molecule has 1 saturated heterocycles. The molecule has 0 saturated carbocycles. The minimum Gasteiger partial charge on any atom is -0.494 e. The van der Waals surface area contributed by atoms with Crippen molar-refractivity contribution in [1.82, 2.24) is 10.2 Å². The normalized spacial score (nSPS) is 14.1. The molecule has 1 aliphatic rings. The first-order valence-electron chi connectivity index (χ1n) is 12.6. The van der Waals surface area contributed by atoms with Gasteiger partial charge in [0.25, 0.3) is 0 Å². The lowest BCUT2D eigenvalue weighted by molar-refractivity contribution is -0.121. The van der Waals surface area contributed by atoms with Crippen molar-refractivity contribution in [3.8, 4) is 5.75 Å². The Bertz CT molecular complexity index is 905. The molecule has 0 bridgehead atoms. The van der Waals surface area contributed by atoms with Gasteiger partial charge in [-0.1, -0.05) is 19.1 Å². The van der Waals surface area contributed by atoms with Gasteiger partial charge in [-0.2, -0.15) is 0 Å². The summed E-state index contributed by atoms with van der Waals surface area (Å²) in [4.78, 5) is 29.4. The average molecular weight is 466 g/mol. The summed E-state index contributed by atoms with van der Waals surface area (Å²) in [6.07, 6.45) is 3.43. The third kappa shape index (κ3) is 8.49. The summed E-state index contributed by atoms with van der Waals surface area (Å²) < 4.78 is 5.54. The van der Waals surface area contributed by atoms with E-state index in [4.69, 9.17) is 4.74 Å². The molecule has 34 heavy (non-hydrogen) atoms. The SMILES string of the molecule is CCCOc1ccc(C(=O)CCC(=O)NCCCCN2CCN(c3cccc(C)c3)CC2)cc1. The number of hydrogen-bond acceptors (Lipinski definition) is 5. The van der Waals surface area contributed by atoms with E-state index in [0.717, 1.165) is 57.7 Å². The van der Waals surface area contributed by atoms with Crippen molar-refractivity contribution in [1.29, 1.82) is 0 Å². The first kappa shape index (κ1) is 25.8. The van der Waals surface area contributed by atoms with Crippen molar-refractivity contribution in [2.75, 3.05) is 50.8 Å². The third-order valence-electron chi connectivity index (χ3n) is 6.19. The van der Waals surface area contributed by atoms with E-state index in [1.165, 1.54) is 11.3 Å². The zero-order valence-electron chi connectivity index (χ0n) is 20.7. The van der Waals surface area contributed by atoms with Crippen LogP contribution in [0, 0.1) is 6.92 Å². The highest BCUT2D eigenvalue weighted by Crippen LogP contribution is 2.18. The zero-order valence-corrected chi connectivity index (χ0v) is 20.7. The van der Waals surface area contributed by atoms with Crippen LogP contribution in [-0.4, -0.2) is 62.5 Å². The van der Waals surface area contributed by atoms with Crippen LogP contribution < -0.4 is 15.0 Å². The number of Topliss-reactive ketones (excluding diaryl/α,β-unsaturated/α-hetero) is 1. The number of nitrogens with zero attached hydrogens (tertiary/aromatic N) is 2. The van der Waals surface area contributed by atoms with Gasteiger partial charge < -0.3 is 15.0 Å². The van der Waals surface area contributed by atoms with Gasteiger partial charge in [-0.15, -0.1) is 0 Å². The van der Waals surface area contributed by atoms with E-state index < -0.39 is 0 Å². The number of hydrogen-bond donors (Lipinski definition) is 1. The molecule has 1 heterocycles. The Morgan fingerprint density at radius 1 is 0.971 bits per heavy atom. The fraction of sp³-hybridized carbons (Fsp3) is 0.500. The van der Waals surface area contributed by atoms with E-state index in [0.29, 0.717) is 18.7 Å². The number of amides is 1. The maximum absolute atomic E-state index is 12.3. The van der Waals surface area contributed by atoms with Crippen LogP contribution in [0.3, 0.4) is 0 Å². The molecule has 1 aliphatic heterocycles. The van der Waals surface area contributed by atoms with Crippen LogP contribution >= 0.6 is 0 Å². The molecular weight excluding hydrogens is 426 g/mol. The van der Waals surface area contributed by atoms with Gasteiger partial charge in [0.1, 0.15) is 5.75 Å². The van der Waals surface area contributed by atoms with Crippen molar-refractivity contribution in [3.05, 3.63) is 59.7 Å². The molecule has 1 N–H and O–H groups in total. The number of carbonyl (C=O) groups excluding carboxylic acids is 2. The van der Waals surface area contributed by atoms with Gasteiger partial charge in [-0.05, 0) is 74.7 Å². The topological polar surface area (TPSA) is 61.9 Å². The largest absolute Gasteiger partial charge is 0.494 e. The minimum atomic E-state index is -0.0528. The number of aryl methyl sites for hydroxylation is 1. The summed E-state index contributed by atoms with van der Waals surface area (Å²) >= 11 is 0. The standard InChI is InChI=1S/C28H39N3O3/c1-3-21-34-26-11-9-24(10-12-26)27(32)13-14-28(33)29-15-4-5-16-30-17-19-31(20-18-30)25-8-6-7-23(2)22-25/h6-12,22H,3-5,13-21H2,1-2H3,(H,29,33). The van der Waals surface area contributed by atoms with Crippen LogP contribution in [0.2, 0.25) is 0 Å². The number of nitrogens with one attached hydrogen (secondary N) is 1. The molecule has 0 aliphatic carbocycles. The van der Waals surface area contributed by atoms with Gasteiger partial charge in [-0.25, -0.2) is 0 Å². The van der Waals surface area contributed by atoms with Crippen LogP contribution in [0.4, 0.5) is 5.69 Å².